The molecule has 20 heavy (non-hydrogen) atoms. The molecule has 0 amide bonds. The molecular formula is C14H21NO3S2. The minimum atomic E-state index is -3.51. The van der Waals surface area contributed by atoms with Crippen molar-refractivity contribution in [3.8, 4) is 0 Å². The summed E-state index contributed by atoms with van der Waals surface area (Å²) in [5, 5.41) is 10.9. The molecule has 112 valence electrons. The van der Waals surface area contributed by atoms with Gasteiger partial charge in [-0.2, -0.15) is 0 Å². The van der Waals surface area contributed by atoms with Crippen molar-refractivity contribution in [3.63, 3.8) is 0 Å². The Morgan fingerprint density at radius 3 is 2.85 bits per heavy atom. The number of nitrogens with one attached hydrogen (secondary N) is 1. The van der Waals surface area contributed by atoms with Crippen LogP contribution in [0.25, 0.3) is 0 Å². The van der Waals surface area contributed by atoms with Crippen LogP contribution in [0.4, 0.5) is 0 Å². The third kappa shape index (κ3) is 2.54. The smallest absolute Gasteiger partial charge is 0.242 e. The summed E-state index contributed by atoms with van der Waals surface area (Å²) in [6.07, 6.45) is 5.00. The van der Waals surface area contributed by atoms with Gasteiger partial charge in [-0.1, -0.05) is 6.42 Å². The van der Waals surface area contributed by atoms with Crippen LogP contribution in [-0.2, 0) is 16.6 Å². The molecule has 2 bridgehead atoms. The van der Waals surface area contributed by atoms with Gasteiger partial charge in [0.25, 0.3) is 0 Å². The predicted molar refractivity (Wildman–Crippen MR) is 79.0 cm³/mol. The van der Waals surface area contributed by atoms with E-state index in [0.29, 0.717) is 16.7 Å². The summed E-state index contributed by atoms with van der Waals surface area (Å²) >= 11 is 1.28. The van der Waals surface area contributed by atoms with Gasteiger partial charge in [-0.25, -0.2) is 13.1 Å². The average Bonchev–Trinajstić information content (AvgIpc) is 3.13. The van der Waals surface area contributed by atoms with E-state index in [-0.39, 0.29) is 17.5 Å². The minimum Gasteiger partial charge on any atom is -0.391 e. The van der Waals surface area contributed by atoms with Crippen molar-refractivity contribution in [2.45, 2.75) is 50.2 Å². The van der Waals surface area contributed by atoms with E-state index in [1.54, 1.807) is 11.4 Å². The Labute approximate surface area is 124 Å². The van der Waals surface area contributed by atoms with Crippen LogP contribution in [0.3, 0.4) is 0 Å². The molecule has 6 heteroatoms. The standard InChI is InChI=1S/C14H21NO3S2/c1-9(12-7-10-2-3-11(12)6-10)15-20(17,18)14-4-5-19-13(14)8-16/h4-5,9-12,15-16H,2-3,6-8H2,1H3. The summed E-state index contributed by atoms with van der Waals surface area (Å²) in [7, 11) is -3.51. The molecule has 0 spiro atoms. The fourth-order valence-electron chi connectivity index (χ4n) is 3.99. The Morgan fingerprint density at radius 1 is 1.45 bits per heavy atom. The first-order chi connectivity index (χ1) is 9.51. The van der Waals surface area contributed by atoms with Crippen molar-refractivity contribution in [2.75, 3.05) is 0 Å². The maximum absolute atomic E-state index is 12.4. The average molecular weight is 315 g/mol. The second kappa shape index (κ2) is 5.40. The Bertz CT molecular complexity index is 581. The molecule has 2 saturated carbocycles. The Hall–Kier alpha value is -0.430. The second-order valence-electron chi connectivity index (χ2n) is 6.11. The number of fused-ring (bicyclic) bond motifs is 2. The first-order valence-corrected chi connectivity index (χ1v) is 9.57. The van der Waals surface area contributed by atoms with Gasteiger partial charge >= 0.3 is 0 Å². The number of hydrogen-bond acceptors (Lipinski definition) is 4. The molecule has 2 fully saturated rings. The molecule has 2 aliphatic rings. The summed E-state index contributed by atoms with van der Waals surface area (Å²) in [6, 6.07) is 1.55. The lowest BCUT2D eigenvalue weighted by Crippen LogP contribution is -2.40. The van der Waals surface area contributed by atoms with Gasteiger partial charge in [0.15, 0.2) is 0 Å². The first-order valence-electron chi connectivity index (χ1n) is 7.21. The van der Waals surface area contributed by atoms with E-state index in [1.165, 1.54) is 30.6 Å². The normalized spacial score (nSPS) is 30.8. The third-order valence-electron chi connectivity index (χ3n) is 4.91. The van der Waals surface area contributed by atoms with E-state index in [1.807, 2.05) is 6.92 Å². The van der Waals surface area contributed by atoms with E-state index >= 15 is 0 Å². The highest BCUT2D eigenvalue weighted by Gasteiger charge is 2.42. The van der Waals surface area contributed by atoms with Gasteiger partial charge in [0.05, 0.1) is 11.5 Å². The fourth-order valence-corrected chi connectivity index (χ4v) is 6.57. The summed E-state index contributed by atoms with van der Waals surface area (Å²) in [5.74, 6) is 1.98. The van der Waals surface area contributed by atoms with Crippen molar-refractivity contribution in [1.29, 1.82) is 0 Å². The lowest BCUT2D eigenvalue weighted by Gasteiger charge is -2.28. The van der Waals surface area contributed by atoms with Crippen LogP contribution in [0.5, 0.6) is 0 Å². The summed E-state index contributed by atoms with van der Waals surface area (Å²) in [6.45, 7) is 1.75. The van der Waals surface area contributed by atoms with E-state index in [0.717, 1.165) is 12.3 Å². The zero-order valence-corrected chi connectivity index (χ0v) is 13.2. The molecule has 1 heterocycles. The van der Waals surface area contributed by atoms with Gasteiger partial charge in [-0.15, -0.1) is 11.3 Å². The maximum atomic E-state index is 12.4. The van der Waals surface area contributed by atoms with E-state index in [2.05, 4.69) is 4.72 Å². The van der Waals surface area contributed by atoms with Crippen molar-refractivity contribution < 1.29 is 13.5 Å². The molecule has 2 N–H and O–H groups in total. The molecule has 0 radical (unpaired) electrons. The van der Waals surface area contributed by atoms with Crippen LogP contribution < -0.4 is 4.72 Å². The highest BCUT2D eigenvalue weighted by Crippen LogP contribution is 2.49. The zero-order valence-electron chi connectivity index (χ0n) is 11.6. The predicted octanol–water partition coefficient (Wildman–Crippen LogP) is 2.34. The topological polar surface area (TPSA) is 66.4 Å². The molecule has 4 unspecified atom stereocenters. The van der Waals surface area contributed by atoms with Crippen LogP contribution in [-0.4, -0.2) is 19.6 Å². The molecule has 4 nitrogen and oxygen atoms in total. The van der Waals surface area contributed by atoms with Crippen LogP contribution >= 0.6 is 11.3 Å². The Morgan fingerprint density at radius 2 is 2.25 bits per heavy atom. The number of sulfonamides is 1. The second-order valence-corrected chi connectivity index (χ2v) is 8.80. The summed E-state index contributed by atoms with van der Waals surface area (Å²) in [4.78, 5) is 0.748. The molecule has 4 atom stereocenters. The van der Waals surface area contributed by atoms with Crippen LogP contribution in [0.15, 0.2) is 16.3 Å². The third-order valence-corrected chi connectivity index (χ3v) is 7.59. The maximum Gasteiger partial charge on any atom is 0.242 e. The Balaban J connectivity index is 1.73. The summed E-state index contributed by atoms with van der Waals surface area (Å²) < 4.78 is 27.7. The van der Waals surface area contributed by atoms with Crippen LogP contribution in [0, 0.1) is 17.8 Å². The monoisotopic (exact) mass is 315 g/mol. The van der Waals surface area contributed by atoms with Crippen LogP contribution in [0.1, 0.15) is 37.5 Å². The fraction of sp³-hybridized carbons (Fsp3) is 0.714. The van der Waals surface area contributed by atoms with E-state index in [9.17, 15) is 13.5 Å². The lowest BCUT2D eigenvalue weighted by molar-refractivity contribution is 0.278. The largest absolute Gasteiger partial charge is 0.391 e. The highest BCUT2D eigenvalue weighted by molar-refractivity contribution is 7.89. The van der Waals surface area contributed by atoms with Crippen molar-refractivity contribution in [1.82, 2.24) is 4.72 Å². The van der Waals surface area contributed by atoms with Gasteiger partial charge in [-0.05, 0) is 55.4 Å². The Kier molecular flexibility index (Phi) is 3.92. The number of rotatable bonds is 5. The number of thiophene rings is 1. The quantitative estimate of drug-likeness (QED) is 0.876. The van der Waals surface area contributed by atoms with Crippen molar-refractivity contribution in [2.24, 2.45) is 17.8 Å². The highest BCUT2D eigenvalue weighted by atomic mass is 32.2. The van der Waals surface area contributed by atoms with Gasteiger partial charge in [-0.3, -0.25) is 0 Å². The molecule has 3 rings (SSSR count). The number of hydrogen-bond donors (Lipinski definition) is 2. The SMILES string of the molecule is CC(NS(=O)(=O)c1ccsc1CO)C1CC2CCC1C2. The number of aliphatic hydroxyl groups is 1. The molecule has 0 aromatic carbocycles. The zero-order chi connectivity index (χ0) is 14.3. The van der Waals surface area contributed by atoms with E-state index < -0.39 is 10.0 Å². The molecule has 2 aliphatic carbocycles. The van der Waals surface area contributed by atoms with Gasteiger partial charge in [0.2, 0.25) is 10.0 Å². The van der Waals surface area contributed by atoms with Gasteiger partial charge in [0.1, 0.15) is 0 Å². The lowest BCUT2D eigenvalue weighted by atomic mass is 9.84. The molecule has 0 saturated heterocycles. The molecule has 1 aromatic rings. The summed E-state index contributed by atoms with van der Waals surface area (Å²) in [5.41, 5.74) is 0. The van der Waals surface area contributed by atoms with E-state index in [4.69, 9.17) is 0 Å². The van der Waals surface area contributed by atoms with Gasteiger partial charge < -0.3 is 5.11 Å². The van der Waals surface area contributed by atoms with Crippen molar-refractivity contribution in [3.05, 3.63) is 16.3 Å². The molecule has 1 aromatic heterocycles. The van der Waals surface area contributed by atoms with Crippen molar-refractivity contribution >= 4 is 21.4 Å². The molecular weight excluding hydrogens is 294 g/mol. The van der Waals surface area contributed by atoms with Gasteiger partial charge in [0, 0.05) is 10.9 Å². The molecule has 0 aliphatic heterocycles. The number of aliphatic hydroxyl groups excluding tert-OH is 1. The first kappa shape index (κ1) is 14.5. The van der Waals surface area contributed by atoms with Crippen LogP contribution in [0.2, 0.25) is 0 Å². The minimum absolute atomic E-state index is 0.0262.